The lowest BCUT2D eigenvalue weighted by Gasteiger charge is -2.43. The molecular formula is C14H13ClF3N3O2. The van der Waals surface area contributed by atoms with Crippen LogP contribution in [0, 0.1) is 6.92 Å². The van der Waals surface area contributed by atoms with E-state index in [9.17, 15) is 18.0 Å². The van der Waals surface area contributed by atoms with Gasteiger partial charge in [-0.15, -0.1) is 0 Å². The first kappa shape index (κ1) is 16.0. The minimum atomic E-state index is -2.96. The Balaban J connectivity index is 2.34. The number of methoxy groups -OCH3 is 1. The van der Waals surface area contributed by atoms with Crippen LogP contribution in [0.1, 0.15) is 30.7 Å². The Hall–Kier alpha value is -1.83. The summed E-state index contributed by atoms with van der Waals surface area (Å²) < 4.78 is 46.2. The molecule has 1 fully saturated rings. The van der Waals surface area contributed by atoms with Gasteiger partial charge in [0.1, 0.15) is 16.8 Å². The third-order valence-electron chi connectivity index (χ3n) is 4.11. The summed E-state index contributed by atoms with van der Waals surface area (Å²) in [5.41, 5.74) is -0.798. The number of carbonyl (C=O) groups excluding carboxylic acids is 1. The molecule has 0 unspecified atom stereocenters. The molecule has 2 aromatic heterocycles. The van der Waals surface area contributed by atoms with E-state index in [1.54, 1.807) is 6.92 Å². The average Bonchev–Trinajstić information content (AvgIpc) is 2.83. The number of pyridine rings is 1. The van der Waals surface area contributed by atoms with Gasteiger partial charge in [0.2, 0.25) is 0 Å². The molecule has 23 heavy (non-hydrogen) atoms. The first-order chi connectivity index (χ1) is 10.8. The molecule has 0 bridgehead atoms. The number of aromatic nitrogens is 3. The summed E-state index contributed by atoms with van der Waals surface area (Å²) in [6, 6.07) is 1.49. The van der Waals surface area contributed by atoms with E-state index < -0.39 is 29.9 Å². The molecule has 0 aliphatic heterocycles. The normalized spacial score (nSPS) is 24.0. The predicted octanol–water partition coefficient (Wildman–Crippen LogP) is 3.33. The summed E-state index contributed by atoms with van der Waals surface area (Å²) in [5.74, 6) is -1.44. The number of alkyl halides is 3. The third kappa shape index (κ3) is 2.27. The number of rotatable bonds is 3. The van der Waals surface area contributed by atoms with Crippen molar-refractivity contribution in [3.63, 3.8) is 0 Å². The number of imidazole rings is 1. The second-order valence-electron chi connectivity index (χ2n) is 5.57. The molecule has 0 aromatic carbocycles. The van der Waals surface area contributed by atoms with Crippen molar-refractivity contribution in [2.45, 2.75) is 37.9 Å². The van der Waals surface area contributed by atoms with Gasteiger partial charge in [-0.05, 0) is 18.6 Å². The quantitative estimate of drug-likeness (QED) is 0.631. The standard InChI is InChI=1S/C14H13ClF3N3O2/c1-6-3-8(15)19-11-9(6)20-12(10(17)18)21(11)14(13(22)23-2)4-7(16)5-14/h3,7,10H,4-5H2,1-2H3. The summed E-state index contributed by atoms with van der Waals surface area (Å²) in [6.45, 7) is 1.64. The summed E-state index contributed by atoms with van der Waals surface area (Å²) in [7, 11) is 1.13. The molecule has 0 radical (unpaired) electrons. The lowest BCUT2D eigenvalue weighted by Crippen LogP contribution is -2.54. The Kier molecular flexibility index (Phi) is 3.74. The fourth-order valence-electron chi connectivity index (χ4n) is 3.05. The first-order valence-corrected chi connectivity index (χ1v) is 7.24. The molecule has 0 saturated heterocycles. The molecular weight excluding hydrogens is 335 g/mol. The minimum absolute atomic E-state index is 0.0302. The number of aryl methyl sites for hydroxylation is 1. The van der Waals surface area contributed by atoms with Gasteiger partial charge in [0.05, 0.1) is 7.11 Å². The maximum absolute atomic E-state index is 13.5. The number of carbonyl (C=O) groups is 1. The molecule has 5 nitrogen and oxygen atoms in total. The van der Waals surface area contributed by atoms with Crippen LogP contribution in [0.15, 0.2) is 6.07 Å². The van der Waals surface area contributed by atoms with Crippen molar-refractivity contribution in [1.29, 1.82) is 0 Å². The minimum Gasteiger partial charge on any atom is -0.467 e. The van der Waals surface area contributed by atoms with E-state index in [1.807, 2.05) is 0 Å². The fourth-order valence-corrected chi connectivity index (χ4v) is 3.29. The van der Waals surface area contributed by atoms with E-state index in [0.717, 1.165) is 11.7 Å². The van der Waals surface area contributed by atoms with E-state index in [-0.39, 0.29) is 29.2 Å². The lowest BCUT2D eigenvalue weighted by molar-refractivity contribution is -0.160. The highest BCUT2D eigenvalue weighted by Crippen LogP contribution is 2.46. The van der Waals surface area contributed by atoms with Gasteiger partial charge >= 0.3 is 5.97 Å². The van der Waals surface area contributed by atoms with Gasteiger partial charge in [-0.3, -0.25) is 4.57 Å². The molecule has 124 valence electrons. The molecule has 1 saturated carbocycles. The summed E-state index contributed by atoms with van der Waals surface area (Å²) in [4.78, 5) is 20.1. The zero-order chi connectivity index (χ0) is 16.9. The van der Waals surface area contributed by atoms with E-state index in [4.69, 9.17) is 16.3 Å². The zero-order valence-electron chi connectivity index (χ0n) is 12.3. The van der Waals surface area contributed by atoms with Crippen LogP contribution < -0.4 is 0 Å². The van der Waals surface area contributed by atoms with Crippen molar-refractivity contribution in [2.75, 3.05) is 7.11 Å². The number of ether oxygens (including phenoxy) is 1. The highest BCUT2D eigenvalue weighted by molar-refractivity contribution is 6.29. The molecule has 9 heteroatoms. The summed E-state index contributed by atoms with van der Waals surface area (Å²) in [5, 5.41) is 0.0769. The smallest absolute Gasteiger partial charge is 0.332 e. The van der Waals surface area contributed by atoms with Crippen molar-refractivity contribution in [3.05, 3.63) is 22.6 Å². The van der Waals surface area contributed by atoms with Gasteiger partial charge in [-0.1, -0.05) is 11.6 Å². The Bertz CT molecular complexity index is 787. The second-order valence-corrected chi connectivity index (χ2v) is 5.96. The number of nitrogens with zero attached hydrogens (tertiary/aromatic N) is 3. The van der Waals surface area contributed by atoms with E-state index >= 15 is 0 Å². The van der Waals surface area contributed by atoms with Crippen molar-refractivity contribution >= 4 is 28.7 Å². The Morgan fingerprint density at radius 2 is 2.13 bits per heavy atom. The number of halogens is 4. The Labute approximate surface area is 134 Å². The topological polar surface area (TPSA) is 57.0 Å². The molecule has 0 amide bonds. The average molecular weight is 348 g/mol. The highest BCUT2D eigenvalue weighted by atomic mass is 35.5. The van der Waals surface area contributed by atoms with Gasteiger partial charge < -0.3 is 4.74 Å². The molecule has 0 atom stereocenters. The maximum atomic E-state index is 13.5. The number of hydrogen-bond donors (Lipinski definition) is 0. The van der Waals surface area contributed by atoms with Crippen molar-refractivity contribution < 1.29 is 22.7 Å². The van der Waals surface area contributed by atoms with E-state index in [2.05, 4.69) is 9.97 Å². The van der Waals surface area contributed by atoms with Gasteiger partial charge in [0.25, 0.3) is 6.43 Å². The van der Waals surface area contributed by atoms with Gasteiger partial charge in [-0.25, -0.2) is 27.9 Å². The van der Waals surface area contributed by atoms with E-state index in [1.165, 1.54) is 6.07 Å². The Morgan fingerprint density at radius 1 is 1.48 bits per heavy atom. The predicted molar refractivity (Wildman–Crippen MR) is 76.4 cm³/mol. The molecule has 2 aromatic rings. The van der Waals surface area contributed by atoms with Crippen LogP contribution >= 0.6 is 11.6 Å². The molecule has 1 aliphatic rings. The van der Waals surface area contributed by atoms with Crippen molar-refractivity contribution in [1.82, 2.24) is 14.5 Å². The third-order valence-corrected chi connectivity index (χ3v) is 4.30. The first-order valence-electron chi connectivity index (χ1n) is 6.87. The van der Waals surface area contributed by atoms with Crippen LogP contribution in [0.25, 0.3) is 11.2 Å². The van der Waals surface area contributed by atoms with Crippen molar-refractivity contribution in [3.8, 4) is 0 Å². The largest absolute Gasteiger partial charge is 0.467 e. The number of hydrogen-bond acceptors (Lipinski definition) is 4. The summed E-state index contributed by atoms with van der Waals surface area (Å²) >= 11 is 5.91. The van der Waals surface area contributed by atoms with Crippen LogP contribution in [0.4, 0.5) is 13.2 Å². The molecule has 2 heterocycles. The molecule has 3 rings (SSSR count). The van der Waals surface area contributed by atoms with Crippen LogP contribution in [-0.4, -0.2) is 33.8 Å². The fraction of sp³-hybridized carbons (Fsp3) is 0.500. The SMILES string of the molecule is COC(=O)C1(n2c(C(F)F)nc3c(C)cc(Cl)nc32)CC(F)C1. The molecule has 1 aliphatic carbocycles. The van der Waals surface area contributed by atoms with Crippen molar-refractivity contribution in [2.24, 2.45) is 0 Å². The highest BCUT2D eigenvalue weighted by Gasteiger charge is 2.56. The zero-order valence-corrected chi connectivity index (χ0v) is 13.1. The van der Waals surface area contributed by atoms with Crippen LogP contribution in [0.3, 0.4) is 0 Å². The lowest BCUT2D eigenvalue weighted by atomic mass is 9.74. The number of esters is 1. The molecule has 0 N–H and O–H groups in total. The molecule has 0 spiro atoms. The van der Waals surface area contributed by atoms with Crippen LogP contribution in [-0.2, 0) is 15.1 Å². The van der Waals surface area contributed by atoms with Crippen LogP contribution in [0.5, 0.6) is 0 Å². The van der Waals surface area contributed by atoms with Gasteiger partial charge in [0, 0.05) is 12.8 Å². The second kappa shape index (κ2) is 5.36. The van der Waals surface area contributed by atoms with Gasteiger partial charge in [-0.2, -0.15) is 0 Å². The number of fused-ring (bicyclic) bond motifs is 1. The maximum Gasteiger partial charge on any atom is 0.332 e. The summed E-state index contributed by atoms with van der Waals surface area (Å²) in [6.07, 6.45) is -4.77. The van der Waals surface area contributed by atoms with Crippen LogP contribution in [0.2, 0.25) is 5.15 Å². The Morgan fingerprint density at radius 3 is 2.65 bits per heavy atom. The van der Waals surface area contributed by atoms with Gasteiger partial charge in [0.15, 0.2) is 17.0 Å². The van der Waals surface area contributed by atoms with E-state index in [0.29, 0.717) is 5.56 Å². The monoisotopic (exact) mass is 347 g/mol.